The second kappa shape index (κ2) is 9.65. The van der Waals surface area contributed by atoms with Crippen LogP contribution < -0.4 is 15.5 Å². The summed E-state index contributed by atoms with van der Waals surface area (Å²) in [5.74, 6) is -0.395. The molecule has 0 aliphatic carbocycles. The van der Waals surface area contributed by atoms with Crippen molar-refractivity contribution < 1.29 is 22.9 Å². The van der Waals surface area contributed by atoms with Crippen molar-refractivity contribution in [2.45, 2.75) is 31.2 Å². The molecule has 1 aromatic carbocycles. The van der Waals surface area contributed by atoms with Crippen molar-refractivity contribution in [2.24, 2.45) is 0 Å². The molecular weight excluding hydrogens is 356 g/mol. The molecule has 0 saturated carbocycles. The minimum absolute atomic E-state index is 0.104. The summed E-state index contributed by atoms with van der Waals surface area (Å²) in [6.07, 6.45) is 0.854. The van der Waals surface area contributed by atoms with Crippen LogP contribution >= 0.6 is 0 Å². The van der Waals surface area contributed by atoms with Gasteiger partial charge in [-0.05, 0) is 31.5 Å². The van der Waals surface area contributed by atoms with E-state index in [4.69, 9.17) is 0 Å². The van der Waals surface area contributed by atoms with E-state index in [0.29, 0.717) is 12.2 Å². The van der Waals surface area contributed by atoms with Gasteiger partial charge in [-0.2, -0.15) is 0 Å². The Labute approximate surface area is 155 Å². The first kappa shape index (κ1) is 22.1. The molecule has 1 unspecified atom stereocenters. The van der Waals surface area contributed by atoms with Gasteiger partial charge in [0.2, 0.25) is 10.0 Å². The highest BCUT2D eigenvalue weighted by molar-refractivity contribution is 7.89. The van der Waals surface area contributed by atoms with Crippen molar-refractivity contribution in [1.82, 2.24) is 9.62 Å². The van der Waals surface area contributed by atoms with Crippen LogP contribution in [0, 0.1) is 0 Å². The number of anilines is 1. The van der Waals surface area contributed by atoms with Gasteiger partial charge in [-0.1, -0.05) is 13.0 Å². The number of carbonyl (C=O) groups is 2. The monoisotopic (exact) mass is 385 g/mol. The lowest BCUT2D eigenvalue weighted by Gasteiger charge is -2.21. The summed E-state index contributed by atoms with van der Waals surface area (Å²) in [5, 5.41) is 5.49. The molecular formula is C17H29N4O4S+. The number of hydrogen-bond acceptors (Lipinski definition) is 4. The van der Waals surface area contributed by atoms with Gasteiger partial charge in [0.15, 0.2) is 12.6 Å². The normalized spacial score (nSPS) is 13.9. The van der Waals surface area contributed by atoms with E-state index >= 15 is 0 Å². The zero-order chi connectivity index (χ0) is 19.9. The molecule has 8 nitrogen and oxygen atoms in total. The van der Waals surface area contributed by atoms with Gasteiger partial charge in [0.05, 0.1) is 11.9 Å². The van der Waals surface area contributed by atoms with Crippen molar-refractivity contribution in [1.29, 1.82) is 0 Å². The Morgan fingerprint density at radius 1 is 1.27 bits per heavy atom. The summed E-state index contributed by atoms with van der Waals surface area (Å²) in [6, 6.07) is 5.62. The van der Waals surface area contributed by atoms with E-state index in [1.54, 1.807) is 26.1 Å². The van der Waals surface area contributed by atoms with E-state index in [-0.39, 0.29) is 23.3 Å². The molecule has 3 N–H and O–H groups in total. The SMILES string of the molecule is CCCNC(=O)C[NH+](C)[C@H](C)C(=O)Nc1cccc(S(=O)(=O)N(C)C)c1. The van der Waals surface area contributed by atoms with Crippen LogP contribution in [0.15, 0.2) is 29.2 Å². The Balaban J connectivity index is 2.77. The van der Waals surface area contributed by atoms with E-state index in [1.165, 1.54) is 26.2 Å². The molecule has 2 atom stereocenters. The number of nitrogens with one attached hydrogen (secondary N) is 3. The molecule has 146 valence electrons. The smallest absolute Gasteiger partial charge is 0.282 e. The minimum atomic E-state index is -3.57. The first-order valence-electron chi connectivity index (χ1n) is 8.52. The number of benzene rings is 1. The van der Waals surface area contributed by atoms with E-state index in [9.17, 15) is 18.0 Å². The first-order chi connectivity index (χ1) is 12.1. The fraction of sp³-hybridized carbons (Fsp3) is 0.529. The largest absolute Gasteiger partial charge is 0.351 e. The van der Waals surface area contributed by atoms with Gasteiger partial charge in [0.25, 0.3) is 11.8 Å². The zero-order valence-corrected chi connectivity index (χ0v) is 16.8. The summed E-state index contributed by atoms with van der Waals surface area (Å²) in [5.41, 5.74) is 0.396. The number of hydrogen-bond donors (Lipinski definition) is 3. The van der Waals surface area contributed by atoms with Crippen LogP contribution in [0.2, 0.25) is 0 Å². The highest BCUT2D eigenvalue weighted by atomic mass is 32.2. The Kier molecular flexibility index (Phi) is 8.19. The highest BCUT2D eigenvalue weighted by Crippen LogP contribution is 2.17. The van der Waals surface area contributed by atoms with Gasteiger partial charge in [-0.15, -0.1) is 0 Å². The molecule has 0 bridgehead atoms. The third kappa shape index (κ3) is 6.08. The average Bonchev–Trinajstić information content (AvgIpc) is 2.59. The molecule has 0 aromatic heterocycles. The molecule has 2 amide bonds. The maximum absolute atomic E-state index is 12.4. The molecule has 0 aliphatic rings. The van der Waals surface area contributed by atoms with Crippen molar-refractivity contribution >= 4 is 27.5 Å². The van der Waals surface area contributed by atoms with Crippen LogP contribution in [-0.4, -0.2) is 64.8 Å². The summed E-state index contributed by atoms with van der Waals surface area (Å²) in [7, 11) is 1.09. The Morgan fingerprint density at radius 2 is 1.92 bits per heavy atom. The van der Waals surface area contributed by atoms with Gasteiger partial charge < -0.3 is 15.5 Å². The maximum atomic E-state index is 12.4. The van der Waals surface area contributed by atoms with E-state index in [1.807, 2.05) is 6.92 Å². The summed E-state index contributed by atoms with van der Waals surface area (Å²) in [4.78, 5) is 25.1. The van der Waals surface area contributed by atoms with Crippen LogP contribution in [0.25, 0.3) is 0 Å². The quantitative estimate of drug-likeness (QED) is 0.524. The molecule has 9 heteroatoms. The fourth-order valence-electron chi connectivity index (χ4n) is 2.15. The fourth-order valence-corrected chi connectivity index (χ4v) is 3.10. The standard InChI is InChI=1S/C17H28N4O4S/c1-6-10-18-16(22)12-21(5)13(2)17(23)19-14-8-7-9-15(11-14)26(24,25)20(3)4/h7-9,11,13H,6,10,12H2,1-5H3,(H,18,22)(H,19,23)/p+1/t13-/m1/s1. The van der Waals surface area contributed by atoms with Crippen LogP contribution in [0.3, 0.4) is 0 Å². The van der Waals surface area contributed by atoms with E-state index in [0.717, 1.165) is 15.6 Å². The van der Waals surface area contributed by atoms with Crippen LogP contribution in [0.4, 0.5) is 5.69 Å². The number of sulfonamides is 1. The molecule has 0 aliphatic heterocycles. The van der Waals surface area contributed by atoms with Gasteiger partial charge >= 0.3 is 0 Å². The van der Waals surface area contributed by atoms with Crippen molar-refractivity contribution in [3.8, 4) is 0 Å². The number of carbonyl (C=O) groups excluding carboxylic acids is 2. The molecule has 1 rings (SSSR count). The second-order valence-corrected chi connectivity index (χ2v) is 8.55. The van der Waals surface area contributed by atoms with Crippen molar-refractivity contribution in [3.63, 3.8) is 0 Å². The molecule has 0 spiro atoms. The highest BCUT2D eigenvalue weighted by Gasteiger charge is 2.24. The number of rotatable bonds is 9. The summed E-state index contributed by atoms with van der Waals surface area (Å²) >= 11 is 0. The van der Waals surface area contributed by atoms with Crippen LogP contribution in [0.5, 0.6) is 0 Å². The number of quaternary nitrogens is 1. The minimum Gasteiger partial charge on any atom is -0.351 e. The molecule has 0 saturated heterocycles. The predicted octanol–water partition coefficient (Wildman–Crippen LogP) is -0.695. The second-order valence-electron chi connectivity index (χ2n) is 6.40. The molecule has 26 heavy (non-hydrogen) atoms. The Hall–Kier alpha value is -1.97. The number of likely N-dealkylation sites (N-methyl/N-ethyl adjacent to an activating group) is 1. The maximum Gasteiger partial charge on any atom is 0.282 e. The summed E-state index contributed by atoms with van der Waals surface area (Å²) in [6.45, 7) is 4.49. The Morgan fingerprint density at radius 3 is 2.50 bits per heavy atom. The zero-order valence-electron chi connectivity index (χ0n) is 16.0. The molecule has 0 radical (unpaired) electrons. The lowest BCUT2D eigenvalue weighted by molar-refractivity contribution is -0.885. The summed E-state index contributed by atoms with van der Waals surface area (Å²) < 4.78 is 25.5. The van der Waals surface area contributed by atoms with Crippen LogP contribution in [-0.2, 0) is 19.6 Å². The molecule has 0 fully saturated rings. The number of nitrogens with zero attached hydrogens (tertiary/aromatic N) is 1. The van der Waals surface area contributed by atoms with Gasteiger partial charge in [-0.25, -0.2) is 12.7 Å². The number of amides is 2. The van der Waals surface area contributed by atoms with E-state index in [2.05, 4.69) is 10.6 Å². The van der Waals surface area contributed by atoms with E-state index < -0.39 is 16.1 Å². The third-order valence-electron chi connectivity index (χ3n) is 4.02. The molecule has 1 aromatic rings. The van der Waals surface area contributed by atoms with Gasteiger partial charge in [0, 0.05) is 26.3 Å². The lowest BCUT2D eigenvalue weighted by Crippen LogP contribution is -3.15. The van der Waals surface area contributed by atoms with Crippen molar-refractivity contribution in [3.05, 3.63) is 24.3 Å². The van der Waals surface area contributed by atoms with Crippen molar-refractivity contribution in [2.75, 3.05) is 39.5 Å². The lowest BCUT2D eigenvalue weighted by atomic mass is 10.2. The van der Waals surface area contributed by atoms with Gasteiger partial charge in [0.1, 0.15) is 0 Å². The predicted molar refractivity (Wildman–Crippen MR) is 100 cm³/mol. The first-order valence-corrected chi connectivity index (χ1v) is 9.96. The molecule has 0 heterocycles. The van der Waals surface area contributed by atoms with Gasteiger partial charge in [-0.3, -0.25) is 9.59 Å². The topological polar surface area (TPSA) is 100 Å². The average molecular weight is 386 g/mol. The Bertz CT molecular complexity index is 734. The van der Waals surface area contributed by atoms with Crippen LogP contribution in [0.1, 0.15) is 20.3 Å². The third-order valence-corrected chi connectivity index (χ3v) is 5.84.